The maximum Gasteiger partial charge on any atom is 0.343 e. The molecule has 0 radical (unpaired) electrons. The van der Waals surface area contributed by atoms with E-state index in [1.807, 2.05) is 36.4 Å². The van der Waals surface area contributed by atoms with Gasteiger partial charge in [0.15, 0.2) is 0 Å². The molecule has 1 heterocycles. The van der Waals surface area contributed by atoms with Crippen LogP contribution >= 0.6 is 11.6 Å². The van der Waals surface area contributed by atoms with Gasteiger partial charge in [0.2, 0.25) is 0 Å². The zero-order valence-electron chi connectivity index (χ0n) is 15.4. The number of para-hydroxylation sites is 1. The van der Waals surface area contributed by atoms with E-state index >= 15 is 0 Å². The van der Waals surface area contributed by atoms with E-state index in [1.54, 1.807) is 36.4 Å². The Bertz CT molecular complexity index is 1100. The molecule has 3 aromatic rings. The normalized spacial score (nSPS) is 14.6. The number of nitrogens with one attached hydrogen (secondary N) is 1. The van der Waals surface area contributed by atoms with Gasteiger partial charge in [-0.05, 0) is 65.7 Å². The van der Waals surface area contributed by atoms with E-state index in [1.165, 1.54) is 12.1 Å². The van der Waals surface area contributed by atoms with Gasteiger partial charge in [-0.25, -0.2) is 9.18 Å². The van der Waals surface area contributed by atoms with Gasteiger partial charge < -0.3 is 10.1 Å². The summed E-state index contributed by atoms with van der Waals surface area (Å²) in [5.41, 5.74) is 3.93. The minimum atomic E-state index is -0.400. The first-order chi connectivity index (χ1) is 14.1. The van der Waals surface area contributed by atoms with Gasteiger partial charge >= 0.3 is 5.97 Å². The van der Waals surface area contributed by atoms with Crippen LogP contribution in [0.2, 0.25) is 5.02 Å². The van der Waals surface area contributed by atoms with Gasteiger partial charge in [-0.15, -0.1) is 0 Å². The third-order valence-electron chi connectivity index (χ3n) is 4.52. The largest absolute Gasteiger partial charge is 0.422 e. The second kappa shape index (κ2) is 8.33. The molecule has 1 aliphatic rings. The van der Waals surface area contributed by atoms with Gasteiger partial charge in [0.25, 0.3) is 0 Å². The fourth-order valence-corrected chi connectivity index (χ4v) is 3.12. The molecule has 3 nitrogen and oxygen atoms in total. The van der Waals surface area contributed by atoms with Crippen molar-refractivity contribution in [2.45, 2.75) is 6.54 Å². The van der Waals surface area contributed by atoms with Crippen molar-refractivity contribution in [2.24, 2.45) is 0 Å². The van der Waals surface area contributed by atoms with Crippen LogP contribution in [0.5, 0.6) is 0 Å². The Balaban J connectivity index is 1.56. The lowest BCUT2D eigenvalue weighted by Gasteiger charge is -2.10. The minimum Gasteiger partial charge on any atom is -0.422 e. The molecule has 0 saturated carbocycles. The molecule has 0 atom stereocenters. The highest BCUT2D eigenvalue weighted by Gasteiger charge is 2.22. The molecule has 0 aromatic heterocycles. The quantitative estimate of drug-likeness (QED) is 0.413. The van der Waals surface area contributed by atoms with Gasteiger partial charge in [0.05, 0.1) is 5.57 Å². The molecule has 0 bridgehead atoms. The van der Waals surface area contributed by atoms with Crippen LogP contribution in [0.4, 0.5) is 10.1 Å². The highest BCUT2D eigenvalue weighted by Crippen LogP contribution is 2.29. The molecule has 0 saturated heterocycles. The van der Waals surface area contributed by atoms with Crippen molar-refractivity contribution in [1.29, 1.82) is 0 Å². The topological polar surface area (TPSA) is 38.3 Å². The zero-order valence-corrected chi connectivity index (χ0v) is 16.1. The van der Waals surface area contributed by atoms with E-state index in [0.717, 1.165) is 22.4 Å². The molecule has 144 valence electrons. The van der Waals surface area contributed by atoms with Gasteiger partial charge in [-0.1, -0.05) is 41.9 Å². The fraction of sp³-hybridized carbons (Fsp3) is 0.0417. The fourth-order valence-electron chi connectivity index (χ4n) is 3.00. The van der Waals surface area contributed by atoms with Crippen LogP contribution < -0.4 is 5.32 Å². The van der Waals surface area contributed by atoms with Crippen LogP contribution in [0, 0.1) is 5.82 Å². The Morgan fingerprint density at radius 2 is 1.69 bits per heavy atom. The number of hydrogen-bond acceptors (Lipinski definition) is 3. The lowest BCUT2D eigenvalue weighted by atomic mass is 10.1. The number of carbonyl (C=O) groups excluding carboxylic acids is 1. The van der Waals surface area contributed by atoms with E-state index in [9.17, 15) is 9.18 Å². The molecule has 0 unspecified atom stereocenters. The third kappa shape index (κ3) is 4.55. The van der Waals surface area contributed by atoms with E-state index in [2.05, 4.69) is 5.32 Å². The van der Waals surface area contributed by atoms with Crippen LogP contribution in [0.3, 0.4) is 0 Å². The number of hydrogen-bond donors (Lipinski definition) is 1. The molecular weight excluding hydrogens is 389 g/mol. The SMILES string of the molecule is O=C1OC(c2ccc(Cl)cc2)=C/C1=C\c1ccccc1NCc1ccc(F)cc1. The molecule has 1 N–H and O–H groups in total. The summed E-state index contributed by atoms with van der Waals surface area (Å²) in [6.45, 7) is 0.538. The molecule has 5 heteroatoms. The molecule has 0 amide bonds. The highest BCUT2D eigenvalue weighted by molar-refractivity contribution is 6.30. The zero-order chi connectivity index (χ0) is 20.2. The molecule has 3 aromatic carbocycles. The Labute approximate surface area is 173 Å². The first-order valence-electron chi connectivity index (χ1n) is 9.07. The van der Waals surface area contributed by atoms with Gasteiger partial charge in [-0.2, -0.15) is 0 Å². The average molecular weight is 406 g/mol. The van der Waals surface area contributed by atoms with Crippen molar-refractivity contribution >= 4 is 35.1 Å². The second-order valence-corrected chi connectivity index (χ2v) is 7.01. The van der Waals surface area contributed by atoms with Crippen molar-refractivity contribution in [2.75, 3.05) is 5.32 Å². The monoisotopic (exact) mass is 405 g/mol. The Kier molecular flexibility index (Phi) is 5.45. The maximum absolute atomic E-state index is 13.1. The van der Waals surface area contributed by atoms with Crippen LogP contribution in [0.1, 0.15) is 16.7 Å². The number of benzene rings is 3. The van der Waals surface area contributed by atoms with Crippen LogP contribution in [-0.2, 0) is 16.1 Å². The maximum atomic E-state index is 13.1. The van der Waals surface area contributed by atoms with Crippen LogP contribution in [0.25, 0.3) is 11.8 Å². The first-order valence-corrected chi connectivity index (χ1v) is 9.45. The molecular formula is C24H17ClFNO2. The lowest BCUT2D eigenvalue weighted by molar-refractivity contribution is -0.130. The van der Waals surface area contributed by atoms with E-state index < -0.39 is 5.97 Å². The summed E-state index contributed by atoms with van der Waals surface area (Å²) in [6.07, 6.45) is 3.51. The Morgan fingerprint density at radius 3 is 2.45 bits per heavy atom. The van der Waals surface area contributed by atoms with Crippen molar-refractivity contribution in [3.63, 3.8) is 0 Å². The van der Waals surface area contributed by atoms with Crippen molar-refractivity contribution in [1.82, 2.24) is 0 Å². The molecule has 1 aliphatic heterocycles. The summed E-state index contributed by atoms with van der Waals surface area (Å²) < 4.78 is 18.5. The van der Waals surface area contributed by atoms with Crippen LogP contribution in [0.15, 0.2) is 84.4 Å². The number of carbonyl (C=O) groups is 1. The number of ether oxygens (including phenoxy) is 1. The van der Waals surface area contributed by atoms with Crippen molar-refractivity contribution < 1.29 is 13.9 Å². The molecule has 4 rings (SSSR count). The van der Waals surface area contributed by atoms with Crippen molar-refractivity contribution in [3.8, 4) is 0 Å². The molecule has 0 fully saturated rings. The number of anilines is 1. The summed E-state index contributed by atoms with van der Waals surface area (Å²) in [4.78, 5) is 12.3. The third-order valence-corrected chi connectivity index (χ3v) is 4.77. The second-order valence-electron chi connectivity index (χ2n) is 6.57. The lowest BCUT2D eigenvalue weighted by Crippen LogP contribution is -2.02. The summed E-state index contributed by atoms with van der Waals surface area (Å²) in [5, 5.41) is 3.95. The Morgan fingerprint density at radius 1 is 0.966 bits per heavy atom. The van der Waals surface area contributed by atoms with Crippen molar-refractivity contribution in [3.05, 3.63) is 112 Å². The molecule has 29 heavy (non-hydrogen) atoms. The van der Waals surface area contributed by atoms with Gasteiger partial charge in [0, 0.05) is 22.8 Å². The van der Waals surface area contributed by atoms with Gasteiger partial charge in [-0.3, -0.25) is 0 Å². The minimum absolute atomic E-state index is 0.262. The number of rotatable bonds is 5. The summed E-state index contributed by atoms with van der Waals surface area (Å²) >= 11 is 5.92. The number of halogens is 2. The predicted octanol–water partition coefficient (Wildman–Crippen LogP) is 6.07. The summed E-state index contributed by atoms with van der Waals surface area (Å²) in [7, 11) is 0. The summed E-state index contributed by atoms with van der Waals surface area (Å²) in [6, 6.07) is 21.1. The number of cyclic esters (lactones) is 1. The van der Waals surface area contributed by atoms with E-state index in [0.29, 0.717) is 22.9 Å². The van der Waals surface area contributed by atoms with E-state index in [4.69, 9.17) is 16.3 Å². The first kappa shape index (κ1) is 19.0. The van der Waals surface area contributed by atoms with Gasteiger partial charge in [0.1, 0.15) is 11.6 Å². The van der Waals surface area contributed by atoms with E-state index in [-0.39, 0.29) is 5.82 Å². The predicted molar refractivity (Wildman–Crippen MR) is 114 cm³/mol. The molecule has 0 spiro atoms. The summed E-state index contributed by atoms with van der Waals surface area (Å²) in [5.74, 6) is -0.167. The smallest absolute Gasteiger partial charge is 0.343 e. The highest BCUT2D eigenvalue weighted by atomic mass is 35.5. The van der Waals surface area contributed by atoms with Crippen LogP contribution in [-0.4, -0.2) is 5.97 Å². The molecule has 0 aliphatic carbocycles. The standard InChI is InChI=1S/C24H17ClFNO2/c25-20-9-7-17(8-10-20)23-14-19(24(28)29-23)13-18-3-1-2-4-22(18)27-15-16-5-11-21(26)12-6-16/h1-14,27H,15H2/b19-13+. The Hall–Kier alpha value is -3.37. The number of esters is 1. The average Bonchev–Trinajstić information content (AvgIpc) is 3.09.